The lowest BCUT2D eigenvalue weighted by molar-refractivity contribution is 0.106. The highest BCUT2D eigenvalue weighted by molar-refractivity contribution is 5.53. The molecular formula is C15H25N5O. The van der Waals surface area contributed by atoms with Crippen molar-refractivity contribution in [2.45, 2.75) is 32.7 Å². The van der Waals surface area contributed by atoms with Gasteiger partial charge < -0.3 is 20.7 Å². The van der Waals surface area contributed by atoms with Crippen molar-refractivity contribution in [2.24, 2.45) is 5.92 Å². The van der Waals surface area contributed by atoms with Gasteiger partial charge in [-0.15, -0.1) is 0 Å². The minimum absolute atomic E-state index is 0.387. The van der Waals surface area contributed by atoms with Gasteiger partial charge in [-0.2, -0.15) is 4.98 Å². The maximum Gasteiger partial charge on any atom is 0.222 e. The quantitative estimate of drug-likeness (QED) is 0.787. The van der Waals surface area contributed by atoms with Gasteiger partial charge in [-0.25, -0.2) is 4.98 Å². The molecule has 1 aromatic rings. The van der Waals surface area contributed by atoms with Gasteiger partial charge in [0.15, 0.2) is 0 Å². The van der Waals surface area contributed by atoms with Gasteiger partial charge in [0.05, 0.1) is 12.3 Å². The third-order valence-corrected chi connectivity index (χ3v) is 4.22. The number of hydrogen-bond acceptors (Lipinski definition) is 6. The van der Waals surface area contributed by atoms with Gasteiger partial charge in [-0.05, 0) is 25.8 Å². The summed E-state index contributed by atoms with van der Waals surface area (Å²) in [7, 11) is 0. The second-order valence-electron chi connectivity index (χ2n) is 5.93. The number of nitrogens with zero attached hydrogens (tertiary/aromatic N) is 3. The van der Waals surface area contributed by atoms with E-state index < -0.39 is 0 Å². The second-order valence-corrected chi connectivity index (χ2v) is 5.93. The fourth-order valence-electron chi connectivity index (χ4n) is 3.18. The first-order valence-corrected chi connectivity index (χ1v) is 7.96. The average molecular weight is 291 g/mol. The molecule has 3 rings (SSSR count). The molecule has 6 nitrogen and oxygen atoms in total. The van der Waals surface area contributed by atoms with Crippen molar-refractivity contribution in [2.75, 3.05) is 43.5 Å². The van der Waals surface area contributed by atoms with Crippen molar-refractivity contribution in [1.29, 1.82) is 0 Å². The lowest BCUT2D eigenvalue weighted by atomic mass is 10.1. The van der Waals surface area contributed by atoms with Crippen molar-refractivity contribution in [1.82, 2.24) is 15.3 Å². The summed E-state index contributed by atoms with van der Waals surface area (Å²) in [5, 5.41) is 3.34. The lowest BCUT2D eigenvalue weighted by Gasteiger charge is -2.25. The Bertz CT molecular complexity index is 493. The van der Waals surface area contributed by atoms with Crippen LogP contribution in [0.1, 0.15) is 31.0 Å². The minimum Gasteiger partial charge on any atom is -0.381 e. The van der Waals surface area contributed by atoms with Crippen LogP contribution in [0.5, 0.6) is 0 Å². The number of aromatic nitrogens is 2. The molecule has 6 heteroatoms. The van der Waals surface area contributed by atoms with E-state index in [0.717, 1.165) is 63.7 Å². The first kappa shape index (κ1) is 14.5. The zero-order valence-corrected chi connectivity index (χ0v) is 12.8. The minimum atomic E-state index is 0.387. The van der Waals surface area contributed by atoms with Gasteiger partial charge in [0.2, 0.25) is 5.95 Å². The van der Waals surface area contributed by atoms with E-state index in [9.17, 15) is 0 Å². The zero-order chi connectivity index (χ0) is 14.7. The molecular weight excluding hydrogens is 266 g/mol. The molecule has 0 amide bonds. The Morgan fingerprint density at radius 3 is 3.19 bits per heavy atom. The van der Waals surface area contributed by atoms with E-state index in [0.29, 0.717) is 11.9 Å². The predicted octanol–water partition coefficient (Wildman–Crippen LogP) is 0.957. The van der Waals surface area contributed by atoms with Crippen molar-refractivity contribution in [3.05, 3.63) is 11.3 Å². The van der Waals surface area contributed by atoms with Crippen molar-refractivity contribution < 1.29 is 4.74 Å². The Labute approximate surface area is 126 Å². The molecule has 3 N–H and O–H groups in total. The summed E-state index contributed by atoms with van der Waals surface area (Å²) in [5.74, 6) is 2.04. The first-order chi connectivity index (χ1) is 10.3. The highest BCUT2D eigenvalue weighted by Crippen LogP contribution is 2.29. The monoisotopic (exact) mass is 291 g/mol. The van der Waals surface area contributed by atoms with Gasteiger partial charge in [0, 0.05) is 37.7 Å². The lowest BCUT2D eigenvalue weighted by Crippen LogP contribution is -2.30. The number of nitrogen functional groups attached to an aromatic ring is 1. The zero-order valence-electron chi connectivity index (χ0n) is 12.8. The van der Waals surface area contributed by atoms with E-state index in [1.807, 2.05) is 0 Å². The molecule has 0 bridgehead atoms. The van der Waals surface area contributed by atoms with Gasteiger partial charge in [0.1, 0.15) is 5.82 Å². The summed E-state index contributed by atoms with van der Waals surface area (Å²) >= 11 is 0. The van der Waals surface area contributed by atoms with Crippen molar-refractivity contribution >= 4 is 11.8 Å². The molecule has 0 radical (unpaired) electrons. The normalized spacial score (nSPS) is 21.6. The summed E-state index contributed by atoms with van der Waals surface area (Å²) in [6.07, 6.45) is 3.23. The molecule has 21 heavy (non-hydrogen) atoms. The number of ether oxygens (including phenoxy) is 1. The van der Waals surface area contributed by atoms with Crippen LogP contribution in [0.2, 0.25) is 0 Å². The topological polar surface area (TPSA) is 76.3 Å². The summed E-state index contributed by atoms with van der Waals surface area (Å²) in [6, 6.07) is 0. The van der Waals surface area contributed by atoms with Gasteiger partial charge in [-0.3, -0.25) is 0 Å². The van der Waals surface area contributed by atoms with E-state index in [4.69, 9.17) is 10.5 Å². The molecule has 1 fully saturated rings. The fourth-order valence-corrected chi connectivity index (χ4v) is 3.18. The molecule has 1 atom stereocenters. The molecule has 116 valence electrons. The fraction of sp³-hybridized carbons (Fsp3) is 0.733. The van der Waals surface area contributed by atoms with Crippen LogP contribution in [-0.2, 0) is 17.7 Å². The summed E-state index contributed by atoms with van der Waals surface area (Å²) in [4.78, 5) is 11.3. The molecule has 1 unspecified atom stereocenters. The van der Waals surface area contributed by atoms with Crippen molar-refractivity contribution in [3.63, 3.8) is 0 Å². The Balaban J connectivity index is 1.71. The molecule has 0 saturated carbocycles. The summed E-state index contributed by atoms with van der Waals surface area (Å²) < 4.78 is 5.69. The Morgan fingerprint density at radius 1 is 1.43 bits per heavy atom. The van der Waals surface area contributed by atoms with Crippen LogP contribution in [0.4, 0.5) is 11.8 Å². The first-order valence-electron chi connectivity index (χ1n) is 7.96. The van der Waals surface area contributed by atoms with Crippen LogP contribution >= 0.6 is 0 Å². The average Bonchev–Trinajstić information content (AvgIpc) is 2.95. The largest absolute Gasteiger partial charge is 0.381 e. The maximum absolute atomic E-state index is 5.88. The van der Waals surface area contributed by atoms with Gasteiger partial charge in [-0.1, -0.05) is 6.92 Å². The van der Waals surface area contributed by atoms with Crippen LogP contribution in [-0.4, -0.2) is 42.8 Å². The second kappa shape index (κ2) is 6.58. The standard InChI is InChI=1S/C15H25N5O/c1-2-7-21-10-11-4-6-20(9-11)14-12-3-5-17-8-13(12)18-15(16)19-14/h11,17H,2-10H2,1H3,(H2,16,18,19). The molecule has 2 aliphatic rings. The van der Waals surface area contributed by atoms with E-state index in [-0.39, 0.29) is 0 Å². The van der Waals surface area contributed by atoms with Crippen LogP contribution in [0.3, 0.4) is 0 Å². The number of nitrogens with one attached hydrogen (secondary N) is 1. The van der Waals surface area contributed by atoms with Crippen LogP contribution in [0, 0.1) is 5.92 Å². The molecule has 0 aliphatic carbocycles. The Hall–Kier alpha value is -1.40. The summed E-state index contributed by atoms with van der Waals surface area (Å²) in [6.45, 7) is 7.70. The number of nitrogens with two attached hydrogens (primary N) is 1. The molecule has 2 aliphatic heterocycles. The highest BCUT2D eigenvalue weighted by Gasteiger charge is 2.27. The Morgan fingerprint density at radius 2 is 2.33 bits per heavy atom. The van der Waals surface area contributed by atoms with Gasteiger partial charge >= 0.3 is 0 Å². The number of hydrogen-bond donors (Lipinski definition) is 2. The number of fused-ring (bicyclic) bond motifs is 1. The SMILES string of the molecule is CCCOCC1CCN(c2nc(N)nc3c2CCNC3)C1. The van der Waals surface area contributed by atoms with E-state index in [1.165, 1.54) is 12.0 Å². The third-order valence-electron chi connectivity index (χ3n) is 4.22. The van der Waals surface area contributed by atoms with Gasteiger partial charge in [0.25, 0.3) is 0 Å². The Kier molecular flexibility index (Phi) is 4.55. The number of rotatable bonds is 5. The molecule has 1 saturated heterocycles. The molecule has 0 spiro atoms. The predicted molar refractivity (Wildman–Crippen MR) is 83.3 cm³/mol. The van der Waals surface area contributed by atoms with Crippen molar-refractivity contribution in [3.8, 4) is 0 Å². The molecule has 0 aromatic carbocycles. The van der Waals surface area contributed by atoms with Crippen LogP contribution in [0.25, 0.3) is 0 Å². The maximum atomic E-state index is 5.88. The number of anilines is 2. The van der Waals surface area contributed by atoms with E-state index in [1.54, 1.807) is 0 Å². The highest BCUT2D eigenvalue weighted by atomic mass is 16.5. The third kappa shape index (κ3) is 3.27. The molecule has 3 heterocycles. The smallest absolute Gasteiger partial charge is 0.222 e. The molecule has 1 aromatic heterocycles. The summed E-state index contributed by atoms with van der Waals surface area (Å²) in [5.41, 5.74) is 8.22. The van der Waals surface area contributed by atoms with Crippen LogP contribution < -0.4 is 16.0 Å². The van der Waals surface area contributed by atoms with E-state index in [2.05, 4.69) is 27.1 Å². The van der Waals surface area contributed by atoms with Crippen LogP contribution in [0.15, 0.2) is 0 Å². The van der Waals surface area contributed by atoms with E-state index >= 15 is 0 Å².